The van der Waals surface area contributed by atoms with Crippen LogP contribution in [-0.2, 0) is 20.7 Å². The Labute approximate surface area is 158 Å². The topological polar surface area (TPSA) is 115 Å². The molecule has 0 aliphatic rings. The van der Waals surface area contributed by atoms with Crippen molar-refractivity contribution in [1.29, 1.82) is 0 Å². The number of methoxy groups -OCH3 is 1. The number of rotatable bonds is 7. The number of nitrogens with zero attached hydrogens (tertiary/aromatic N) is 2. The second-order valence-corrected chi connectivity index (χ2v) is 6.52. The van der Waals surface area contributed by atoms with Crippen LogP contribution in [0.3, 0.4) is 0 Å². The number of phenols is 1. The average molecular weight is 387 g/mol. The summed E-state index contributed by atoms with van der Waals surface area (Å²) in [5.41, 5.74) is 0.260. The first-order valence-corrected chi connectivity index (χ1v) is 8.98. The molecule has 0 spiro atoms. The Morgan fingerprint density at radius 3 is 2.81 bits per heavy atom. The van der Waals surface area contributed by atoms with Crippen molar-refractivity contribution in [2.45, 2.75) is 18.9 Å². The highest BCUT2D eigenvalue weighted by atomic mass is 32.1. The number of carbonyl (C=O) groups is 2. The Morgan fingerprint density at radius 2 is 2.11 bits per heavy atom. The molecule has 0 bridgehead atoms. The highest BCUT2D eigenvalue weighted by Crippen LogP contribution is 2.25. The first-order valence-electron chi connectivity index (χ1n) is 8.10. The van der Waals surface area contributed by atoms with E-state index in [4.69, 9.17) is 9.26 Å². The van der Waals surface area contributed by atoms with Crippen LogP contribution in [0.4, 0.5) is 0 Å². The van der Waals surface area contributed by atoms with Crippen LogP contribution in [0.2, 0.25) is 0 Å². The van der Waals surface area contributed by atoms with Crippen molar-refractivity contribution >= 4 is 23.2 Å². The van der Waals surface area contributed by atoms with Gasteiger partial charge in [-0.3, -0.25) is 4.79 Å². The van der Waals surface area contributed by atoms with E-state index in [-0.39, 0.29) is 24.2 Å². The normalized spacial score (nSPS) is 11.7. The average Bonchev–Trinajstić information content (AvgIpc) is 3.36. The van der Waals surface area contributed by atoms with E-state index in [9.17, 15) is 14.7 Å². The molecular weight excluding hydrogens is 370 g/mol. The van der Waals surface area contributed by atoms with Gasteiger partial charge in [-0.05, 0) is 17.5 Å². The van der Waals surface area contributed by atoms with Gasteiger partial charge in [0.2, 0.25) is 17.6 Å². The number of aromatic nitrogens is 2. The lowest BCUT2D eigenvalue weighted by molar-refractivity contribution is -0.145. The van der Waals surface area contributed by atoms with Gasteiger partial charge >= 0.3 is 5.97 Å². The zero-order valence-corrected chi connectivity index (χ0v) is 15.2. The number of aromatic hydroxyl groups is 1. The fourth-order valence-electron chi connectivity index (χ4n) is 2.43. The summed E-state index contributed by atoms with van der Waals surface area (Å²) in [5.74, 6) is -0.398. The zero-order valence-electron chi connectivity index (χ0n) is 14.4. The van der Waals surface area contributed by atoms with E-state index in [2.05, 4.69) is 15.5 Å². The van der Waals surface area contributed by atoms with Crippen LogP contribution in [0.1, 0.15) is 23.9 Å². The van der Waals surface area contributed by atoms with Crippen LogP contribution >= 0.6 is 11.3 Å². The quantitative estimate of drug-likeness (QED) is 0.599. The molecule has 2 heterocycles. The summed E-state index contributed by atoms with van der Waals surface area (Å²) < 4.78 is 9.88. The summed E-state index contributed by atoms with van der Waals surface area (Å²) in [6.07, 6.45) is 0.256. The molecule has 0 saturated carbocycles. The predicted molar refractivity (Wildman–Crippen MR) is 96.9 cm³/mol. The van der Waals surface area contributed by atoms with E-state index in [1.807, 2.05) is 17.5 Å². The summed E-state index contributed by atoms with van der Waals surface area (Å²) in [5, 5.41) is 18.3. The minimum Gasteiger partial charge on any atom is -0.508 e. The van der Waals surface area contributed by atoms with E-state index in [0.29, 0.717) is 11.7 Å². The van der Waals surface area contributed by atoms with Crippen LogP contribution in [0.15, 0.2) is 46.3 Å². The molecule has 0 radical (unpaired) electrons. The van der Waals surface area contributed by atoms with Gasteiger partial charge < -0.3 is 19.7 Å². The highest BCUT2D eigenvalue weighted by Gasteiger charge is 2.26. The van der Waals surface area contributed by atoms with E-state index < -0.39 is 17.9 Å². The summed E-state index contributed by atoms with van der Waals surface area (Å²) >= 11 is 1.49. The number of aryl methyl sites for hydroxylation is 1. The molecule has 3 aromatic rings. The SMILES string of the molecule is COC(=O)[C@H](NC(=O)CCc1nc(-c2cccs2)no1)c1ccccc1O. The molecule has 2 aromatic heterocycles. The van der Waals surface area contributed by atoms with Crippen LogP contribution in [0, 0.1) is 0 Å². The molecule has 8 nitrogen and oxygen atoms in total. The monoisotopic (exact) mass is 387 g/mol. The summed E-state index contributed by atoms with van der Waals surface area (Å²) in [6.45, 7) is 0. The van der Waals surface area contributed by atoms with Crippen LogP contribution in [0.25, 0.3) is 10.7 Å². The lowest BCUT2D eigenvalue weighted by Gasteiger charge is -2.17. The molecule has 1 atom stereocenters. The molecule has 0 saturated heterocycles. The number of hydrogen-bond acceptors (Lipinski definition) is 8. The third-order valence-corrected chi connectivity index (χ3v) is 4.63. The van der Waals surface area contributed by atoms with Gasteiger partial charge in [0.1, 0.15) is 5.75 Å². The van der Waals surface area contributed by atoms with Crippen molar-refractivity contribution in [2.24, 2.45) is 0 Å². The molecule has 27 heavy (non-hydrogen) atoms. The lowest BCUT2D eigenvalue weighted by atomic mass is 10.1. The van der Waals surface area contributed by atoms with E-state index >= 15 is 0 Å². The first kappa shape index (κ1) is 18.6. The van der Waals surface area contributed by atoms with Crippen molar-refractivity contribution in [3.8, 4) is 16.5 Å². The van der Waals surface area contributed by atoms with Gasteiger partial charge in [-0.2, -0.15) is 4.98 Å². The standard InChI is InChI=1S/C18H17N3O5S/c1-25-18(24)16(11-5-2-3-6-12(11)22)19-14(23)8-9-15-20-17(21-26-15)13-7-4-10-27-13/h2-7,10,16,22H,8-9H2,1H3,(H,19,23)/t16-/m1/s1. The molecule has 3 rings (SSSR count). The number of ether oxygens (including phenoxy) is 1. The zero-order chi connectivity index (χ0) is 19.2. The van der Waals surface area contributed by atoms with Crippen LogP contribution < -0.4 is 5.32 Å². The van der Waals surface area contributed by atoms with E-state index in [1.54, 1.807) is 18.2 Å². The molecule has 2 N–H and O–H groups in total. The second kappa shape index (κ2) is 8.45. The Kier molecular flexibility index (Phi) is 5.82. The van der Waals surface area contributed by atoms with Crippen molar-refractivity contribution in [3.05, 3.63) is 53.2 Å². The van der Waals surface area contributed by atoms with Gasteiger partial charge in [0.25, 0.3) is 0 Å². The predicted octanol–water partition coefficient (Wildman–Crippen LogP) is 2.47. The van der Waals surface area contributed by atoms with Crippen LogP contribution in [0.5, 0.6) is 5.75 Å². The van der Waals surface area contributed by atoms with Gasteiger partial charge in [-0.15, -0.1) is 11.3 Å². The maximum absolute atomic E-state index is 12.3. The Morgan fingerprint density at radius 1 is 1.30 bits per heavy atom. The smallest absolute Gasteiger partial charge is 0.333 e. The Hall–Kier alpha value is -3.20. The number of amides is 1. The number of esters is 1. The Bertz CT molecular complexity index is 923. The van der Waals surface area contributed by atoms with Crippen molar-refractivity contribution < 1.29 is 24.0 Å². The third kappa shape index (κ3) is 4.50. The van der Waals surface area contributed by atoms with Crippen LogP contribution in [-0.4, -0.2) is 34.2 Å². The summed E-state index contributed by atoms with van der Waals surface area (Å²) in [7, 11) is 1.21. The van der Waals surface area contributed by atoms with Crippen molar-refractivity contribution in [1.82, 2.24) is 15.5 Å². The van der Waals surface area contributed by atoms with Crippen molar-refractivity contribution in [2.75, 3.05) is 7.11 Å². The number of nitrogens with one attached hydrogen (secondary N) is 1. The van der Waals surface area contributed by atoms with Gasteiger partial charge in [0.05, 0.1) is 12.0 Å². The number of carbonyl (C=O) groups excluding carboxylic acids is 2. The third-order valence-electron chi connectivity index (χ3n) is 3.77. The van der Waals surface area contributed by atoms with Gasteiger partial charge in [-0.25, -0.2) is 4.79 Å². The highest BCUT2D eigenvalue weighted by molar-refractivity contribution is 7.13. The molecule has 1 amide bonds. The number of thiophene rings is 1. The minimum absolute atomic E-state index is 0.0349. The Balaban J connectivity index is 1.63. The second-order valence-electron chi connectivity index (χ2n) is 5.57. The number of hydrogen-bond donors (Lipinski definition) is 2. The molecule has 0 aliphatic carbocycles. The largest absolute Gasteiger partial charge is 0.508 e. The fraction of sp³-hybridized carbons (Fsp3) is 0.222. The first-order chi connectivity index (χ1) is 13.1. The van der Waals surface area contributed by atoms with Gasteiger partial charge in [0.15, 0.2) is 6.04 Å². The maximum Gasteiger partial charge on any atom is 0.333 e. The molecule has 0 aliphatic heterocycles. The molecule has 9 heteroatoms. The molecule has 0 fully saturated rings. The summed E-state index contributed by atoms with van der Waals surface area (Å²) in [6, 6.07) is 8.91. The fourth-order valence-corrected chi connectivity index (χ4v) is 3.08. The maximum atomic E-state index is 12.3. The van der Waals surface area contributed by atoms with E-state index in [0.717, 1.165) is 4.88 Å². The molecule has 1 aromatic carbocycles. The number of phenolic OH excluding ortho intramolecular Hbond substituents is 1. The molecule has 0 unspecified atom stereocenters. The molecule has 140 valence electrons. The number of para-hydroxylation sites is 1. The van der Waals surface area contributed by atoms with E-state index in [1.165, 1.54) is 24.5 Å². The van der Waals surface area contributed by atoms with Crippen molar-refractivity contribution in [3.63, 3.8) is 0 Å². The summed E-state index contributed by atoms with van der Waals surface area (Å²) in [4.78, 5) is 29.4. The lowest BCUT2D eigenvalue weighted by Crippen LogP contribution is -2.34. The van der Waals surface area contributed by atoms with Gasteiger partial charge in [0, 0.05) is 18.4 Å². The molecular formula is C18H17N3O5S. The minimum atomic E-state index is -1.10. The van der Waals surface area contributed by atoms with Gasteiger partial charge in [-0.1, -0.05) is 29.4 Å². The number of benzene rings is 1.